The van der Waals surface area contributed by atoms with Gasteiger partial charge in [-0.2, -0.15) is 0 Å². The minimum atomic E-state index is -3.64. The average Bonchev–Trinajstić information content (AvgIpc) is 2.79. The summed E-state index contributed by atoms with van der Waals surface area (Å²) in [4.78, 5) is 0.312. The Labute approximate surface area is 141 Å². The van der Waals surface area contributed by atoms with Crippen molar-refractivity contribution in [1.29, 1.82) is 0 Å². The van der Waals surface area contributed by atoms with Crippen LogP contribution in [0.5, 0.6) is 0 Å². The number of aliphatic hydroxyl groups is 1. The van der Waals surface area contributed by atoms with Gasteiger partial charge in [-0.1, -0.05) is 54.1 Å². The highest BCUT2D eigenvalue weighted by atomic mass is 32.2. The third-order valence-corrected chi connectivity index (χ3v) is 6.30. The van der Waals surface area contributed by atoms with Gasteiger partial charge in [0, 0.05) is 5.39 Å². The third-order valence-electron chi connectivity index (χ3n) is 4.48. The van der Waals surface area contributed by atoms with Crippen molar-refractivity contribution in [3.63, 3.8) is 0 Å². The van der Waals surface area contributed by atoms with Gasteiger partial charge in [0.05, 0.1) is 23.2 Å². The van der Waals surface area contributed by atoms with Crippen molar-refractivity contribution in [2.45, 2.75) is 17.9 Å². The van der Waals surface area contributed by atoms with Crippen LogP contribution in [0.4, 0.5) is 5.69 Å². The number of aryl methyl sites for hydroxylation is 1. The number of hydrogen-bond acceptors (Lipinski definition) is 3. The second-order valence-corrected chi connectivity index (χ2v) is 7.92. The fourth-order valence-corrected chi connectivity index (χ4v) is 4.92. The molecule has 4 rings (SSSR count). The van der Waals surface area contributed by atoms with E-state index in [-0.39, 0.29) is 6.54 Å². The number of hydrogen-bond donors (Lipinski definition) is 1. The highest BCUT2D eigenvalue weighted by molar-refractivity contribution is 7.93. The number of anilines is 1. The Morgan fingerprint density at radius 1 is 1.00 bits per heavy atom. The summed E-state index contributed by atoms with van der Waals surface area (Å²) >= 11 is 0. The van der Waals surface area contributed by atoms with Crippen LogP contribution in [0.3, 0.4) is 0 Å². The summed E-state index contributed by atoms with van der Waals surface area (Å²) in [7, 11) is -3.64. The lowest BCUT2D eigenvalue weighted by atomic mass is 10.1. The van der Waals surface area contributed by atoms with E-state index in [2.05, 4.69) is 0 Å². The van der Waals surface area contributed by atoms with E-state index in [1.165, 1.54) is 4.31 Å². The molecule has 0 saturated heterocycles. The number of rotatable bonds is 3. The summed E-state index contributed by atoms with van der Waals surface area (Å²) < 4.78 is 27.1. The first-order valence-electron chi connectivity index (χ1n) is 7.77. The van der Waals surface area contributed by atoms with Gasteiger partial charge in [0.1, 0.15) is 0 Å². The first-order chi connectivity index (χ1) is 11.5. The molecule has 0 amide bonds. The lowest BCUT2D eigenvalue weighted by Gasteiger charge is -2.22. The van der Waals surface area contributed by atoms with Crippen molar-refractivity contribution in [3.8, 4) is 0 Å². The molecule has 1 heterocycles. The summed E-state index contributed by atoms with van der Waals surface area (Å²) in [6, 6.07) is 18.3. The molecule has 3 aromatic carbocycles. The maximum atomic E-state index is 12.9. The molecule has 1 aliphatic heterocycles. The zero-order valence-electron chi connectivity index (χ0n) is 13.2. The normalized spacial score (nSPS) is 16.5. The minimum absolute atomic E-state index is 0.000806. The highest BCUT2D eigenvalue weighted by Gasteiger charge is 2.36. The van der Waals surface area contributed by atoms with Crippen LogP contribution in [-0.2, 0) is 10.0 Å². The zero-order chi connectivity index (χ0) is 16.9. The Kier molecular flexibility index (Phi) is 3.37. The van der Waals surface area contributed by atoms with Crippen LogP contribution in [0, 0.1) is 6.92 Å². The maximum Gasteiger partial charge on any atom is 0.265 e. The van der Waals surface area contributed by atoms with E-state index in [4.69, 9.17) is 0 Å². The zero-order valence-corrected chi connectivity index (χ0v) is 14.0. The van der Waals surface area contributed by atoms with Gasteiger partial charge in [-0.05, 0) is 30.0 Å². The van der Waals surface area contributed by atoms with E-state index in [1.807, 2.05) is 49.4 Å². The molecule has 122 valence electrons. The molecule has 1 unspecified atom stereocenters. The smallest absolute Gasteiger partial charge is 0.265 e. The SMILES string of the molecule is Cc1ccc(C(O)CN2c3cccc4cccc(c34)S2(=O)=O)cc1. The van der Waals surface area contributed by atoms with E-state index >= 15 is 0 Å². The van der Waals surface area contributed by atoms with Crippen molar-refractivity contribution in [1.82, 2.24) is 0 Å². The molecule has 0 aliphatic carbocycles. The highest BCUT2D eigenvalue weighted by Crippen LogP contribution is 2.42. The molecule has 0 aromatic heterocycles. The number of benzene rings is 3. The lowest BCUT2D eigenvalue weighted by molar-refractivity contribution is 0.188. The van der Waals surface area contributed by atoms with E-state index in [0.29, 0.717) is 16.1 Å². The maximum absolute atomic E-state index is 12.9. The van der Waals surface area contributed by atoms with Crippen molar-refractivity contribution in [2.75, 3.05) is 10.8 Å². The fourth-order valence-electron chi connectivity index (χ4n) is 3.21. The van der Waals surface area contributed by atoms with Crippen molar-refractivity contribution in [3.05, 3.63) is 71.8 Å². The largest absolute Gasteiger partial charge is 0.387 e. The van der Waals surface area contributed by atoms with Crippen LogP contribution >= 0.6 is 0 Å². The van der Waals surface area contributed by atoms with Gasteiger partial charge < -0.3 is 5.11 Å². The lowest BCUT2D eigenvalue weighted by Crippen LogP contribution is -2.31. The van der Waals surface area contributed by atoms with Crippen LogP contribution in [0.1, 0.15) is 17.2 Å². The van der Waals surface area contributed by atoms with Crippen molar-refractivity contribution in [2.24, 2.45) is 0 Å². The van der Waals surface area contributed by atoms with Gasteiger partial charge in [0.15, 0.2) is 0 Å². The van der Waals surface area contributed by atoms with Gasteiger partial charge >= 0.3 is 0 Å². The van der Waals surface area contributed by atoms with E-state index in [0.717, 1.165) is 16.3 Å². The second kappa shape index (κ2) is 5.33. The molecule has 0 bridgehead atoms. The second-order valence-electron chi connectivity index (χ2n) is 6.09. The van der Waals surface area contributed by atoms with Crippen LogP contribution in [0.2, 0.25) is 0 Å². The Balaban J connectivity index is 1.77. The Morgan fingerprint density at radius 3 is 2.38 bits per heavy atom. The molecule has 0 radical (unpaired) electrons. The fraction of sp³-hybridized carbons (Fsp3) is 0.158. The topological polar surface area (TPSA) is 57.6 Å². The molecule has 1 aliphatic rings. The van der Waals surface area contributed by atoms with Crippen LogP contribution in [-0.4, -0.2) is 20.1 Å². The molecular weight excluding hydrogens is 322 g/mol. The average molecular weight is 339 g/mol. The number of sulfonamides is 1. The third kappa shape index (κ3) is 2.20. The summed E-state index contributed by atoms with van der Waals surface area (Å²) in [5.74, 6) is 0. The minimum Gasteiger partial charge on any atom is -0.387 e. The molecular formula is C19H17NO3S. The van der Waals surface area contributed by atoms with Gasteiger partial charge in [-0.3, -0.25) is 4.31 Å². The van der Waals surface area contributed by atoms with E-state index < -0.39 is 16.1 Å². The van der Waals surface area contributed by atoms with Gasteiger partial charge in [0.2, 0.25) is 0 Å². The van der Waals surface area contributed by atoms with Crippen molar-refractivity contribution < 1.29 is 13.5 Å². The molecule has 1 N–H and O–H groups in total. The molecule has 1 atom stereocenters. The molecule has 24 heavy (non-hydrogen) atoms. The predicted octanol–water partition coefficient (Wildman–Crippen LogP) is 3.39. The predicted molar refractivity (Wildman–Crippen MR) is 94.6 cm³/mol. The summed E-state index contributed by atoms with van der Waals surface area (Å²) in [5, 5.41) is 12.2. The molecule has 4 nitrogen and oxygen atoms in total. The molecule has 0 saturated carbocycles. The van der Waals surface area contributed by atoms with Crippen molar-refractivity contribution >= 4 is 26.5 Å². The number of nitrogens with zero attached hydrogens (tertiary/aromatic N) is 1. The van der Waals surface area contributed by atoms with E-state index in [9.17, 15) is 13.5 Å². The summed E-state index contributed by atoms with van der Waals surface area (Å²) in [6.45, 7) is 1.97. The summed E-state index contributed by atoms with van der Waals surface area (Å²) in [6.07, 6.45) is -0.884. The molecule has 3 aromatic rings. The van der Waals surface area contributed by atoms with Gasteiger partial charge in [-0.15, -0.1) is 0 Å². The Morgan fingerprint density at radius 2 is 1.67 bits per heavy atom. The Bertz CT molecular complexity index is 1020. The summed E-state index contributed by atoms with van der Waals surface area (Å²) in [5.41, 5.74) is 2.44. The standard InChI is InChI=1S/C19H17NO3S/c1-13-8-10-14(11-9-13)17(21)12-20-16-6-2-4-15-5-3-7-18(19(15)16)24(20,22)23/h2-11,17,21H,12H2,1H3. The first kappa shape index (κ1) is 15.2. The first-order valence-corrected chi connectivity index (χ1v) is 9.21. The van der Waals surface area contributed by atoms with E-state index in [1.54, 1.807) is 18.2 Å². The monoisotopic (exact) mass is 339 g/mol. The number of β-amino-alcohol motifs (C(OH)–C–C–N with tert-alkyl or cyclic N) is 1. The quantitative estimate of drug-likeness (QED) is 0.796. The van der Waals surface area contributed by atoms with Crippen LogP contribution in [0.15, 0.2) is 65.6 Å². The van der Waals surface area contributed by atoms with Crippen LogP contribution < -0.4 is 4.31 Å². The van der Waals surface area contributed by atoms with Crippen LogP contribution in [0.25, 0.3) is 10.8 Å². The van der Waals surface area contributed by atoms with Gasteiger partial charge in [-0.25, -0.2) is 8.42 Å². The number of aliphatic hydroxyl groups excluding tert-OH is 1. The molecule has 0 fully saturated rings. The Hall–Kier alpha value is -2.37. The van der Waals surface area contributed by atoms with Gasteiger partial charge in [0.25, 0.3) is 10.0 Å². The molecule has 5 heteroatoms. The molecule has 0 spiro atoms.